The molecule has 7 nitrogen and oxygen atoms in total. The third-order valence-electron chi connectivity index (χ3n) is 4.26. The fraction of sp³-hybridized carbons (Fsp3) is 0.412. The highest BCUT2D eigenvalue weighted by Crippen LogP contribution is 2.20. The lowest BCUT2D eigenvalue weighted by Crippen LogP contribution is -2.49. The van der Waals surface area contributed by atoms with E-state index in [2.05, 4.69) is 15.4 Å². The third kappa shape index (κ3) is 3.29. The molecule has 0 saturated carbocycles. The normalized spacial score (nSPS) is 17.6. The molecule has 2 aromatic rings. The maximum atomic E-state index is 12.6. The first kappa shape index (κ1) is 16.2. The molecule has 1 atom stereocenters. The molecule has 7 heteroatoms. The number of hydrogen-bond acceptors (Lipinski definition) is 4. The van der Waals surface area contributed by atoms with E-state index in [1.807, 2.05) is 25.3 Å². The number of nitrogens with one attached hydrogen (secondary N) is 1. The summed E-state index contributed by atoms with van der Waals surface area (Å²) in [7, 11) is 0. The first-order valence-corrected chi connectivity index (χ1v) is 8.11. The first-order valence-electron chi connectivity index (χ1n) is 8.11. The number of anilines is 1. The Kier molecular flexibility index (Phi) is 4.59. The van der Waals surface area contributed by atoms with Gasteiger partial charge < -0.3 is 10.2 Å². The Labute approximate surface area is 140 Å². The molecule has 24 heavy (non-hydrogen) atoms. The summed E-state index contributed by atoms with van der Waals surface area (Å²) in [6.07, 6.45) is 7.83. The van der Waals surface area contributed by atoms with Crippen LogP contribution in [0.15, 0.2) is 30.7 Å². The molecule has 0 aromatic carbocycles. The Bertz CT molecular complexity index is 741. The van der Waals surface area contributed by atoms with Gasteiger partial charge in [0.15, 0.2) is 5.82 Å². The average Bonchev–Trinajstić information content (AvgIpc) is 2.96. The molecule has 3 rings (SSSR count). The monoisotopic (exact) mass is 327 g/mol. The largest absolute Gasteiger partial charge is 0.331 e. The van der Waals surface area contributed by atoms with Gasteiger partial charge in [-0.2, -0.15) is 0 Å². The van der Waals surface area contributed by atoms with Crippen LogP contribution in [0.4, 0.5) is 5.82 Å². The molecule has 1 aliphatic rings. The number of rotatable bonds is 3. The smallest absolute Gasteiger partial charge is 0.248 e. The first-order chi connectivity index (χ1) is 11.6. The van der Waals surface area contributed by atoms with Gasteiger partial charge in [0.25, 0.3) is 0 Å². The number of carbonyl (C=O) groups excluding carboxylic acids is 2. The van der Waals surface area contributed by atoms with E-state index in [9.17, 15) is 9.59 Å². The second-order valence-electron chi connectivity index (χ2n) is 6.03. The van der Waals surface area contributed by atoms with Crippen molar-refractivity contribution in [2.75, 3.05) is 11.9 Å². The Morgan fingerprint density at radius 3 is 2.88 bits per heavy atom. The molecule has 1 unspecified atom stereocenters. The minimum atomic E-state index is -0.417. The van der Waals surface area contributed by atoms with Crippen molar-refractivity contribution < 1.29 is 9.59 Å². The van der Waals surface area contributed by atoms with Gasteiger partial charge in [-0.05, 0) is 38.3 Å². The summed E-state index contributed by atoms with van der Waals surface area (Å²) in [6, 6.07) is 3.31. The van der Waals surface area contributed by atoms with E-state index in [1.165, 1.54) is 6.92 Å². The van der Waals surface area contributed by atoms with Crippen LogP contribution in [0.5, 0.6) is 0 Å². The average molecular weight is 327 g/mol. The summed E-state index contributed by atoms with van der Waals surface area (Å²) < 4.78 is 1.68. The number of hydrogen-bond donors (Lipinski definition) is 1. The second kappa shape index (κ2) is 6.82. The molecular weight excluding hydrogens is 306 g/mol. The van der Waals surface area contributed by atoms with Crippen molar-refractivity contribution in [1.82, 2.24) is 19.7 Å². The molecule has 2 amide bonds. The van der Waals surface area contributed by atoms with Gasteiger partial charge in [0.05, 0.1) is 11.9 Å². The molecule has 0 bridgehead atoms. The van der Waals surface area contributed by atoms with Crippen LogP contribution in [0.3, 0.4) is 0 Å². The number of pyridine rings is 1. The number of nitrogens with zero attached hydrogens (tertiary/aromatic N) is 4. The summed E-state index contributed by atoms with van der Waals surface area (Å²) in [5, 5.41) is 7.30. The van der Waals surface area contributed by atoms with Gasteiger partial charge in [-0.1, -0.05) is 0 Å². The van der Waals surface area contributed by atoms with E-state index in [0.717, 1.165) is 24.1 Å². The Hall–Kier alpha value is -2.70. The molecule has 126 valence electrons. The van der Waals surface area contributed by atoms with Gasteiger partial charge in [0.2, 0.25) is 11.8 Å². The standard InChI is InChI=1S/C17H21N5O2/c1-12-11-22(14-6-5-8-18-10-14)20-16(12)19-17(24)15-7-3-4-9-21(15)13(2)23/h5-6,8,10-11,15H,3-4,7,9H2,1-2H3,(H,19,20,24). The van der Waals surface area contributed by atoms with Gasteiger partial charge in [-0.3, -0.25) is 14.6 Å². The SMILES string of the molecule is CC(=O)N1CCCCC1C(=O)Nc1nn(-c2cccnc2)cc1C. The predicted octanol–water partition coefficient (Wildman–Crippen LogP) is 1.92. The number of aryl methyl sites for hydroxylation is 1. The van der Waals surface area contributed by atoms with Crippen molar-refractivity contribution in [2.24, 2.45) is 0 Å². The molecule has 1 aliphatic heterocycles. The molecule has 0 radical (unpaired) electrons. The van der Waals surface area contributed by atoms with Crippen LogP contribution in [0, 0.1) is 6.92 Å². The highest BCUT2D eigenvalue weighted by atomic mass is 16.2. The van der Waals surface area contributed by atoms with Crippen molar-refractivity contribution in [3.63, 3.8) is 0 Å². The summed E-state index contributed by atoms with van der Waals surface area (Å²) >= 11 is 0. The zero-order valence-corrected chi connectivity index (χ0v) is 13.9. The summed E-state index contributed by atoms with van der Waals surface area (Å²) in [6.45, 7) is 4.03. The van der Waals surface area contributed by atoms with E-state index in [0.29, 0.717) is 18.8 Å². The lowest BCUT2D eigenvalue weighted by Gasteiger charge is -2.33. The van der Waals surface area contributed by atoms with Crippen molar-refractivity contribution in [2.45, 2.75) is 39.2 Å². The van der Waals surface area contributed by atoms with Gasteiger partial charge in [0, 0.05) is 31.4 Å². The van der Waals surface area contributed by atoms with Crippen molar-refractivity contribution in [1.29, 1.82) is 0 Å². The van der Waals surface area contributed by atoms with E-state index in [1.54, 1.807) is 22.0 Å². The van der Waals surface area contributed by atoms with E-state index in [-0.39, 0.29) is 11.8 Å². The molecule has 1 saturated heterocycles. The minimum absolute atomic E-state index is 0.0625. The van der Waals surface area contributed by atoms with Crippen molar-refractivity contribution in [3.05, 3.63) is 36.3 Å². The van der Waals surface area contributed by atoms with Crippen LogP contribution < -0.4 is 5.32 Å². The van der Waals surface area contributed by atoms with Gasteiger partial charge in [0.1, 0.15) is 6.04 Å². The fourth-order valence-corrected chi connectivity index (χ4v) is 2.99. The maximum Gasteiger partial charge on any atom is 0.248 e. The van der Waals surface area contributed by atoms with Crippen LogP contribution in [-0.4, -0.2) is 44.1 Å². The highest BCUT2D eigenvalue weighted by molar-refractivity contribution is 5.96. The van der Waals surface area contributed by atoms with E-state index < -0.39 is 6.04 Å². The van der Waals surface area contributed by atoms with Crippen LogP contribution in [0.2, 0.25) is 0 Å². The minimum Gasteiger partial charge on any atom is -0.331 e. The molecule has 1 N–H and O–H groups in total. The number of aromatic nitrogens is 3. The lowest BCUT2D eigenvalue weighted by atomic mass is 10.0. The Morgan fingerprint density at radius 1 is 1.33 bits per heavy atom. The molecular formula is C17H21N5O2. The number of piperidine rings is 1. The number of amides is 2. The van der Waals surface area contributed by atoms with Gasteiger partial charge in [-0.15, -0.1) is 5.10 Å². The highest BCUT2D eigenvalue weighted by Gasteiger charge is 2.30. The zero-order valence-electron chi connectivity index (χ0n) is 13.9. The summed E-state index contributed by atoms with van der Waals surface area (Å²) in [5.41, 5.74) is 1.68. The fourth-order valence-electron chi connectivity index (χ4n) is 2.99. The van der Waals surface area contributed by atoms with Gasteiger partial charge in [-0.25, -0.2) is 4.68 Å². The quantitative estimate of drug-likeness (QED) is 0.934. The zero-order chi connectivity index (χ0) is 17.1. The number of carbonyl (C=O) groups is 2. The molecule has 0 spiro atoms. The van der Waals surface area contributed by atoms with Gasteiger partial charge >= 0.3 is 0 Å². The summed E-state index contributed by atoms with van der Waals surface area (Å²) in [4.78, 5) is 30.1. The second-order valence-corrected chi connectivity index (χ2v) is 6.03. The van der Waals surface area contributed by atoms with Crippen molar-refractivity contribution in [3.8, 4) is 5.69 Å². The van der Waals surface area contributed by atoms with Crippen LogP contribution in [-0.2, 0) is 9.59 Å². The van der Waals surface area contributed by atoms with Crippen LogP contribution in [0.25, 0.3) is 5.69 Å². The topological polar surface area (TPSA) is 80.1 Å². The summed E-state index contributed by atoms with van der Waals surface area (Å²) in [5.74, 6) is 0.273. The Morgan fingerprint density at radius 2 is 2.17 bits per heavy atom. The maximum absolute atomic E-state index is 12.6. The molecule has 2 aromatic heterocycles. The lowest BCUT2D eigenvalue weighted by molar-refractivity contribution is -0.138. The van der Waals surface area contributed by atoms with Crippen LogP contribution in [0.1, 0.15) is 31.7 Å². The Balaban J connectivity index is 1.77. The molecule has 1 fully saturated rings. The third-order valence-corrected chi connectivity index (χ3v) is 4.26. The number of likely N-dealkylation sites (tertiary alicyclic amines) is 1. The van der Waals surface area contributed by atoms with Crippen LogP contribution >= 0.6 is 0 Å². The van der Waals surface area contributed by atoms with E-state index in [4.69, 9.17) is 0 Å². The van der Waals surface area contributed by atoms with E-state index >= 15 is 0 Å². The van der Waals surface area contributed by atoms with Crippen molar-refractivity contribution >= 4 is 17.6 Å². The molecule has 3 heterocycles. The predicted molar refractivity (Wildman–Crippen MR) is 89.8 cm³/mol. The molecule has 0 aliphatic carbocycles.